The van der Waals surface area contributed by atoms with Gasteiger partial charge in [0, 0.05) is 32.1 Å². The van der Waals surface area contributed by atoms with Gasteiger partial charge in [0.15, 0.2) is 5.69 Å². The highest BCUT2D eigenvalue weighted by molar-refractivity contribution is 6.04. The number of likely N-dealkylation sites (tertiary alicyclic amines) is 1. The Labute approximate surface area is 132 Å². The number of nitrogens with zero attached hydrogens (tertiary/aromatic N) is 3. The molecule has 3 heterocycles. The second-order valence-corrected chi connectivity index (χ2v) is 6.00. The Hall–Kier alpha value is -2.25. The molecule has 7 heteroatoms. The number of hydrogen-bond donors (Lipinski definition) is 1. The van der Waals surface area contributed by atoms with E-state index in [0.717, 1.165) is 6.54 Å². The van der Waals surface area contributed by atoms with Crippen LogP contribution in [0.15, 0.2) is 29.1 Å². The number of fused-ring (bicyclic) bond motifs is 2. The summed E-state index contributed by atoms with van der Waals surface area (Å²) in [6, 6.07) is 7.28. The fraction of sp³-hybridized carbons (Fsp3) is 0.438. The molecule has 7 nitrogen and oxygen atoms in total. The van der Waals surface area contributed by atoms with Gasteiger partial charge < -0.3 is 15.0 Å². The Kier molecular flexibility index (Phi) is 3.39. The Balaban J connectivity index is 1.73. The lowest BCUT2D eigenvalue weighted by Gasteiger charge is -2.25. The fourth-order valence-corrected chi connectivity index (χ4v) is 3.37. The number of carbonyl (C=O) groups is 1. The van der Waals surface area contributed by atoms with Gasteiger partial charge in [0.25, 0.3) is 11.5 Å². The average Bonchev–Trinajstić information content (AvgIpc) is 3.01. The monoisotopic (exact) mass is 314 g/mol. The van der Waals surface area contributed by atoms with Crippen LogP contribution in [0.1, 0.15) is 10.5 Å². The van der Waals surface area contributed by atoms with E-state index < -0.39 is 0 Å². The fourth-order valence-electron chi connectivity index (χ4n) is 3.37. The van der Waals surface area contributed by atoms with Crippen molar-refractivity contribution in [1.82, 2.24) is 20.0 Å². The molecule has 4 rings (SSSR count). The van der Waals surface area contributed by atoms with Crippen LogP contribution < -0.4 is 10.9 Å². The molecule has 1 N–H and O–H groups in total. The molecule has 0 aliphatic carbocycles. The number of aryl methyl sites for hydroxylation is 1. The van der Waals surface area contributed by atoms with Crippen molar-refractivity contribution < 1.29 is 9.53 Å². The van der Waals surface area contributed by atoms with Gasteiger partial charge in [-0.25, -0.2) is 4.68 Å². The van der Waals surface area contributed by atoms with Crippen LogP contribution in [-0.2, 0) is 11.8 Å². The lowest BCUT2D eigenvalue weighted by molar-refractivity contribution is 0.0176. The summed E-state index contributed by atoms with van der Waals surface area (Å²) in [5.74, 6) is -0.156. The lowest BCUT2D eigenvalue weighted by atomic mass is 10.1. The summed E-state index contributed by atoms with van der Waals surface area (Å²) < 4.78 is 6.95. The van der Waals surface area contributed by atoms with E-state index in [1.165, 1.54) is 4.68 Å². The van der Waals surface area contributed by atoms with Crippen LogP contribution in [-0.4, -0.2) is 59.0 Å². The average molecular weight is 314 g/mol. The summed E-state index contributed by atoms with van der Waals surface area (Å²) in [6.45, 7) is 2.63. The van der Waals surface area contributed by atoms with Gasteiger partial charge in [-0.05, 0) is 6.07 Å². The van der Waals surface area contributed by atoms with Crippen LogP contribution in [0.25, 0.3) is 10.8 Å². The molecular formula is C16H18N4O3. The molecule has 1 aromatic carbocycles. The zero-order chi connectivity index (χ0) is 16.0. The Bertz CT molecular complexity index is 818. The van der Waals surface area contributed by atoms with E-state index >= 15 is 0 Å². The minimum absolute atomic E-state index is 0.0338. The van der Waals surface area contributed by atoms with Gasteiger partial charge in [-0.1, -0.05) is 18.2 Å². The predicted octanol–water partition coefficient (Wildman–Crippen LogP) is -0.254. The van der Waals surface area contributed by atoms with E-state index in [2.05, 4.69) is 10.4 Å². The first kappa shape index (κ1) is 14.3. The van der Waals surface area contributed by atoms with Gasteiger partial charge >= 0.3 is 0 Å². The first-order chi connectivity index (χ1) is 11.1. The van der Waals surface area contributed by atoms with E-state index in [-0.39, 0.29) is 23.6 Å². The summed E-state index contributed by atoms with van der Waals surface area (Å²) in [5, 5.41) is 8.71. The summed E-state index contributed by atoms with van der Waals surface area (Å²) in [5.41, 5.74) is 0.124. The summed E-state index contributed by atoms with van der Waals surface area (Å²) >= 11 is 0. The number of ether oxygens (including phenoxy) is 1. The number of carbonyl (C=O) groups excluding carboxylic acids is 1. The predicted molar refractivity (Wildman–Crippen MR) is 84.4 cm³/mol. The molecule has 2 aliphatic heterocycles. The Morgan fingerprint density at radius 1 is 1.30 bits per heavy atom. The van der Waals surface area contributed by atoms with Gasteiger partial charge in [-0.3, -0.25) is 9.59 Å². The molecule has 0 saturated carbocycles. The van der Waals surface area contributed by atoms with E-state index in [4.69, 9.17) is 4.74 Å². The highest BCUT2D eigenvalue weighted by atomic mass is 16.5. The van der Waals surface area contributed by atoms with Gasteiger partial charge in [-0.15, -0.1) is 0 Å². The minimum Gasteiger partial charge on any atom is -0.373 e. The van der Waals surface area contributed by atoms with Crippen LogP contribution in [0.3, 0.4) is 0 Å². The van der Waals surface area contributed by atoms with E-state index in [1.807, 2.05) is 6.07 Å². The molecule has 2 aliphatic rings. The molecule has 0 bridgehead atoms. The van der Waals surface area contributed by atoms with Crippen molar-refractivity contribution in [3.05, 3.63) is 40.3 Å². The third kappa shape index (κ3) is 2.32. The van der Waals surface area contributed by atoms with Crippen molar-refractivity contribution in [2.45, 2.75) is 12.1 Å². The molecule has 0 radical (unpaired) electrons. The first-order valence-electron chi connectivity index (χ1n) is 7.75. The summed E-state index contributed by atoms with van der Waals surface area (Å²) in [7, 11) is 1.57. The lowest BCUT2D eigenvalue weighted by Crippen LogP contribution is -2.47. The van der Waals surface area contributed by atoms with Crippen molar-refractivity contribution in [2.24, 2.45) is 7.05 Å². The van der Waals surface area contributed by atoms with Crippen molar-refractivity contribution in [3.8, 4) is 0 Å². The number of amides is 1. The van der Waals surface area contributed by atoms with Crippen LogP contribution in [0, 0.1) is 0 Å². The molecule has 2 atom stereocenters. The molecule has 2 aromatic rings. The smallest absolute Gasteiger partial charge is 0.275 e. The number of aromatic nitrogens is 2. The van der Waals surface area contributed by atoms with Crippen molar-refractivity contribution in [2.75, 3.05) is 26.2 Å². The van der Waals surface area contributed by atoms with Crippen LogP contribution in [0.2, 0.25) is 0 Å². The van der Waals surface area contributed by atoms with Crippen molar-refractivity contribution in [3.63, 3.8) is 0 Å². The summed E-state index contributed by atoms with van der Waals surface area (Å²) in [4.78, 5) is 26.9. The zero-order valence-corrected chi connectivity index (χ0v) is 12.9. The van der Waals surface area contributed by atoms with Crippen LogP contribution in [0.5, 0.6) is 0 Å². The SMILES string of the molecule is Cn1nc(C(=O)N2C[C@@H]3NCCO[C@H]3C2)c2ccccc2c1=O. The second-order valence-electron chi connectivity index (χ2n) is 6.00. The van der Waals surface area contributed by atoms with E-state index in [0.29, 0.717) is 36.2 Å². The molecule has 23 heavy (non-hydrogen) atoms. The second kappa shape index (κ2) is 5.43. The normalized spacial score (nSPS) is 24.0. The minimum atomic E-state index is -0.197. The van der Waals surface area contributed by atoms with Gasteiger partial charge in [0.05, 0.1) is 24.1 Å². The molecule has 0 spiro atoms. The molecule has 1 amide bonds. The van der Waals surface area contributed by atoms with Crippen molar-refractivity contribution >= 4 is 16.7 Å². The third-order valence-corrected chi connectivity index (χ3v) is 4.55. The maximum absolute atomic E-state index is 12.9. The number of nitrogens with one attached hydrogen (secondary N) is 1. The van der Waals surface area contributed by atoms with Crippen molar-refractivity contribution in [1.29, 1.82) is 0 Å². The molecule has 2 saturated heterocycles. The number of hydrogen-bond acceptors (Lipinski definition) is 5. The summed E-state index contributed by atoms with van der Waals surface area (Å²) in [6.07, 6.45) is 0.0338. The maximum Gasteiger partial charge on any atom is 0.275 e. The third-order valence-electron chi connectivity index (χ3n) is 4.55. The standard InChI is InChI=1S/C16H18N4O3/c1-19-15(21)11-5-3-2-4-10(11)14(18-19)16(22)20-8-12-13(9-20)23-7-6-17-12/h2-5,12-13,17H,6-9H2,1H3/t12-,13-/m0/s1. The van der Waals surface area contributed by atoms with Gasteiger partial charge in [0.2, 0.25) is 0 Å². The highest BCUT2D eigenvalue weighted by Gasteiger charge is 2.38. The topological polar surface area (TPSA) is 76.5 Å². The van der Waals surface area contributed by atoms with Crippen LogP contribution in [0.4, 0.5) is 0 Å². The van der Waals surface area contributed by atoms with E-state index in [9.17, 15) is 9.59 Å². The maximum atomic E-state index is 12.9. The van der Waals surface area contributed by atoms with Gasteiger partial charge in [-0.2, -0.15) is 5.10 Å². The first-order valence-corrected chi connectivity index (χ1v) is 7.75. The molecular weight excluding hydrogens is 296 g/mol. The highest BCUT2D eigenvalue weighted by Crippen LogP contribution is 2.21. The number of benzene rings is 1. The molecule has 2 fully saturated rings. The largest absolute Gasteiger partial charge is 0.373 e. The zero-order valence-electron chi connectivity index (χ0n) is 12.9. The number of morpholine rings is 1. The quantitative estimate of drug-likeness (QED) is 0.785. The molecule has 1 aromatic heterocycles. The molecule has 120 valence electrons. The van der Waals surface area contributed by atoms with Crippen LogP contribution >= 0.6 is 0 Å². The van der Waals surface area contributed by atoms with E-state index in [1.54, 1.807) is 30.1 Å². The van der Waals surface area contributed by atoms with Gasteiger partial charge in [0.1, 0.15) is 0 Å². The number of rotatable bonds is 1. The Morgan fingerprint density at radius 2 is 2.09 bits per heavy atom. The molecule has 0 unspecified atom stereocenters. The Morgan fingerprint density at radius 3 is 2.87 bits per heavy atom.